The predicted molar refractivity (Wildman–Crippen MR) is 130 cm³/mol. The molecule has 1 heterocycles. The molecule has 168 valence electrons. The second-order valence-corrected chi connectivity index (χ2v) is 8.33. The minimum Gasteiger partial charge on any atom is -0.496 e. The zero-order valence-corrected chi connectivity index (χ0v) is 20.2. The summed E-state index contributed by atoms with van der Waals surface area (Å²) in [4.78, 5) is 12.2. The van der Waals surface area contributed by atoms with Crippen LogP contribution in [0.1, 0.15) is 28.8 Å². The Morgan fingerprint density at radius 3 is 2.66 bits per heavy atom. The molecule has 0 bridgehead atoms. The third-order valence-corrected chi connectivity index (χ3v) is 5.68. The van der Waals surface area contributed by atoms with E-state index in [2.05, 4.69) is 26.3 Å². The molecule has 0 fully saturated rings. The number of aromatic nitrogens is 2. The first-order valence-corrected chi connectivity index (χ1v) is 11.3. The Balaban J connectivity index is 1.50. The van der Waals surface area contributed by atoms with Crippen molar-refractivity contribution in [1.29, 1.82) is 0 Å². The summed E-state index contributed by atoms with van der Waals surface area (Å²) in [7, 11) is 1.64. The Labute approximate surface area is 197 Å². The van der Waals surface area contributed by atoms with Crippen LogP contribution >= 0.6 is 15.9 Å². The lowest BCUT2D eigenvalue weighted by atomic mass is 10.1. The molecule has 0 spiro atoms. The summed E-state index contributed by atoms with van der Waals surface area (Å²) >= 11 is 3.45. The molecule has 0 unspecified atom stereocenters. The van der Waals surface area contributed by atoms with Gasteiger partial charge in [0.15, 0.2) is 0 Å². The minimum atomic E-state index is -0.129. The van der Waals surface area contributed by atoms with Gasteiger partial charge in [-0.1, -0.05) is 23.8 Å². The molecule has 2 aromatic carbocycles. The highest BCUT2D eigenvalue weighted by Crippen LogP contribution is 2.23. The molecule has 0 aliphatic carbocycles. The molecule has 7 heteroatoms. The zero-order valence-electron chi connectivity index (χ0n) is 18.6. The van der Waals surface area contributed by atoms with Gasteiger partial charge in [-0.2, -0.15) is 5.10 Å². The summed E-state index contributed by atoms with van der Waals surface area (Å²) in [6, 6.07) is 13.7. The van der Waals surface area contributed by atoms with Gasteiger partial charge in [0, 0.05) is 30.9 Å². The van der Waals surface area contributed by atoms with Gasteiger partial charge in [-0.15, -0.1) is 0 Å². The van der Waals surface area contributed by atoms with Crippen molar-refractivity contribution in [2.24, 2.45) is 0 Å². The van der Waals surface area contributed by atoms with Crippen molar-refractivity contribution >= 4 is 27.9 Å². The first-order chi connectivity index (χ1) is 15.4. The number of nitrogens with one attached hydrogen (secondary N) is 1. The van der Waals surface area contributed by atoms with Crippen LogP contribution < -0.4 is 14.8 Å². The molecule has 0 aliphatic heterocycles. The maximum Gasteiger partial charge on any atom is 0.244 e. The smallest absolute Gasteiger partial charge is 0.244 e. The fourth-order valence-electron chi connectivity index (χ4n) is 3.10. The number of methoxy groups -OCH3 is 1. The van der Waals surface area contributed by atoms with Crippen molar-refractivity contribution < 1.29 is 14.3 Å². The molecule has 1 amide bonds. The highest BCUT2D eigenvalue weighted by molar-refractivity contribution is 9.10. The molecule has 6 nitrogen and oxygen atoms in total. The van der Waals surface area contributed by atoms with E-state index in [1.165, 1.54) is 5.56 Å². The zero-order chi connectivity index (χ0) is 22.9. The van der Waals surface area contributed by atoms with Gasteiger partial charge in [0.1, 0.15) is 18.1 Å². The number of amides is 1. The van der Waals surface area contributed by atoms with Crippen LogP contribution in [0.3, 0.4) is 0 Å². The maximum absolute atomic E-state index is 12.2. The molecule has 32 heavy (non-hydrogen) atoms. The lowest BCUT2D eigenvalue weighted by molar-refractivity contribution is -0.116. The molecular weight excluding hydrogens is 470 g/mol. The van der Waals surface area contributed by atoms with Crippen LogP contribution in [0.25, 0.3) is 6.08 Å². The third-order valence-electron chi connectivity index (χ3n) is 4.90. The van der Waals surface area contributed by atoms with Crippen molar-refractivity contribution in [1.82, 2.24) is 15.1 Å². The number of halogens is 1. The number of hydrogen-bond donors (Lipinski definition) is 1. The van der Waals surface area contributed by atoms with Crippen molar-refractivity contribution in [3.05, 3.63) is 81.6 Å². The quantitative estimate of drug-likeness (QED) is 0.313. The number of carbonyl (C=O) groups is 1. The summed E-state index contributed by atoms with van der Waals surface area (Å²) in [5, 5.41) is 7.29. The Hall–Kier alpha value is -3.06. The lowest BCUT2D eigenvalue weighted by Crippen LogP contribution is -2.23. The van der Waals surface area contributed by atoms with Crippen LogP contribution in [-0.4, -0.2) is 29.3 Å². The van der Waals surface area contributed by atoms with Crippen molar-refractivity contribution in [3.8, 4) is 11.5 Å². The van der Waals surface area contributed by atoms with E-state index in [0.717, 1.165) is 45.8 Å². The van der Waals surface area contributed by atoms with Crippen LogP contribution in [0.4, 0.5) is 0 Å². The molecule has 0 saturated carbocycles. The van der Waals surface area contributed by atoms with E-state index in [-0.39, 0.29) is 5.91 Å². The number of nitrogens with zero attached hydrogens (tertiary/aromatic N) is 2. The van der Waals surface area contributed by atoms with Gasteiger partial charge < -0.3 is 14.8 Å². The number of aryl methyl sites for hydroxylation is 3. The Morgan fingerprint density at radius 1 is 1.19 bits per heavy atom. The largest absolute Gasteiger partial charge is 0.496 e. The van der Waals surface area contributed by atoms with Gasteiger partial charge in [0.2, 0.25) is 5.91 Å². The molecule has 3 rings (SSSR count). The van der Waals surface area contributed by atoms with Gasteiger partial charge >= 0.3 is 0 Å². The van der Waals surface area contributed by atoms with E-state index in [4.69, 9.17) is 9.47 Å². The van der Waals surface area contributed by atoms with Crippen molar-refractivity contribution in [2.45, 2.75) is 33.4 Å². The third kappa shape index (κ3) is 6.99. The molecule has 3 aromatic rings. The molecule has 1 N–H and O–H groups in total. The van der Waals surface area contributed by atoms with E-state index in [1.807, 2.05) is 67.2 Å². The van der Waals surface area contributed by atoms with Crippen LogP contribution in [0.2, 0.25) is 0 Å². The maximum atomic E-state index is 12.2. The first kappa shape index (κ1) is 23.6. The summed E-state index contributed by atoms with van der Waals surface area (Å²) in [5.41, 5.74) is 3.96. The van der Waals surface area contributed by atoms with Gasteiger partial charge in [-0.05, 0) is 72.1 Å². The van der Waals surface area contributed by atoms with E-state index in [1.54, 1.807) is 19.3 Å². The number of ether oxygens (including phenoxy) is 2. The predicted octanol–water partition coefficient (Wildman–Crippen LogP) is 5.07. The standard InChI is InChI=1S/C25H28BrN3O3/c1-18-5-9-22(10-6-18)32-17-21-15-20(7-11-24(21)31-3)8-12-25(30)27-13-4-14-29-16-23(26)19(2)28-29/h5-12,15-16H,4,13-14,17H2,1-3H3,(H,27,30)/b12-8+. The number of carbonyl (C=O) groups excluding carboxylic acids is 1. The van der Waals surface area contributed by atoms with Crippen molar-refractivity contribution in [3.63, 3.8) is 0 Å². The number of rotatable bonds is 10. The van der Waals surface area contributed by atoms with Crippen molar-refractivity contribution in [2.75, 3.05) is 13.7 Å². The fourth-order valence-corrected chi connectivity index (χ4v) is 3.42. The Kier molecular flexibility index (Phi) is 8.50. The molecule has 0 saturated heterocycles. The average molecular weight is 498 g/mol. The van der Waals surface area contributed by atoms with Crippen LogP contribution in [-0.2, 0) is 17.9 Å². The number of benzene rings is 2. The Bertz CT molecular complexity index is 1060. The van der Waals surface area contributed by atoms with Crippen LogP contribution in [0.5, 0.6) is 11.5 Å². The SMILES string of the molecule is COc1ccc(/C=C/C(=O)NCCCn2cc(Br)c(C)n2)cc1COc1ccc(C)cc1. The summed E-state index contributed by atoms with van der Waals surface area (Å²) in [6.07, 6.45) is 6.08. The lowest BCUT2D eigenvalue weighted by Gasteiger charge is -2.11. The molecule has 0 atom stereocenters. The van der Waals surface area contributed by atoms with Crippen LogP contribution in [0.15, 0.2) is 59.2 Å². The van der Waals surface area contributed by atoms with Gasteiger partial charge in [0.05, 0.1) is 17.3 Å². The van der Waals surface area contributed by atoms with E-state index in [9.17, 15) is 4.79 Å². The summed E-state index contributed by atoms with van der Waals surface area (Å²) < 4.78 is 14.2. The minimum absolute atomic E-state index is 0.129. The second kappa shape index (κ2) is 11.5. The van der Waals surface area contributed by atoms with Gasteiger partial charge in [0.25, 0.3) is 0 Å². The van der Waals surface area contributed by atoms with E-state index < -0.39 is 0 Å². The highest BCUT2D eigenvalue weighted by atomic mass is 79.9. The van der Waals surface area contributed by atoms with Crippen LogP contribution in [0, 0.1) is 13.8 Å². The second-order valence-electron chi connectivity index (χ2n) is 7.48. The van der Waals surface area contributed by atoms with E-state index in [0.29, 0.717) is 13.2 Å². The average Bonchev–Trinajstić information content (AvgIpc) is 3.12. The molecular formula is C25H28BrN3O3. The molecule has 1 aromatic heterocycles. The summed E-state index contributed by atoms with van der Waals surface area (Å²) in [5.74, 6) is 1.42. The Morgan fingerprint density at radius 2 is 1.97 bits per heavy atom. The van der Waals surface area contributed by atoms with Gasteiger partial charge in [-0.25, -0.2) is 0 Å². The monoisotopic (exact) mass is 497 g/mol. The normalized spacial score (nSPS) is 11.0. The summed E-state index contributed by atoms with van der Waals surface area (Å²) in [6.45, 7) is 5.70. The highest BCUT2D eigenvalue weighted by Gasteiger charge is 2.06. The molecule has 0 radical (unpaired) electrons. The first-order valence-electron chi connectivity index (χ1n) is 10.5. The topological polar surface area (TPSA) is 65.4 Å². The van der Waals surface area contributed by atoms with Gasteiger partial charge in [-0.3, -0.25) is 9.48 Å². The molecule has 0 aliphatic rings. The van der Waals surface area contributed by atoms with E-state index >= 15 is 0 Å². The fraction of sp³-hybridized carbons (Fsp3) is 0.280. The number of hydrogen-bond acceptors (Lipinski definition) is 4.